The Balaban J connectivity index is 1.37. The van der Waals surface area contributed by atoms with Crippen molar-refractivity contribution in [1.29, 1.82) is 0 Å². The number of amides is 1. The summed E-state index contributed by atoms with van der Waals surface area (Å²) in [6.45, 7) is -0.0273. The number of carbonyl (C=O) groups excluding carboxylic acids is 1. The SMILES string of the molecule is O=C(NCc1nnc2ccc(C(F)(F)F)cn12)c1cc2c(s1)-c1ccccc1CC2. The van der Waals surface area contributed by atoms with Gasteiger partial charge >= 0.3 is 6.18 Å². The van der Waals surface area contributed by atoms with Gasteiger partial charge in [-0.15, -0.1) is 21.5 Å². The van der Waals surface area contributed by atoms with Crippen LogP contribution in [0.2, 0.25) is 0 Å². The molecule has 5 rings (SSSR count). The zero-order valence-electron chi connectivity index (χ0n) is 15.5. The number of nitrogens with one attached hydrogen (secondary N) is 1. The van der Waals surface area contributed by atoms with Gasteiger partial charge in [0.1, 0.15) is 0 Å². The normalized spacial score (nSPS) is 13.2. The van der Waals surface area contributed by atoms with Crippen molar-refractivity contribution in [3.05, 3.63) is 76.1 Å². The number of thiophene rings is 1. The Hall–Kier alpha value is -3.20. The Bertz CT molecular complexity index is 1270. The summed E-state index contributed by atoms with van der Waals surface area (Å²) in [5.41, 5.74) is 3.06. The number of benzene rings is 1. The summed E-state index contributed by atoms with van der Waals surface area (Å²) >= 11 is 1.43. The van der Waals surface area contributed by atoms with Crippen molar-refractivity contribution < 1.29 is 18.0 Å². The van der Waals surface area contributed by atoms with Crippen LogP contribution in [-0.4, -0.2) is 20.5 Å². The Morgan fingerprint density at radius 2 is 1.90 bits per heavy atom. The summed E-state index contributed by atoms with van der Waals surface area (Å²) in [4.78, 5) is 14.4. The zero-order valence-corrected chi connectivity index (χ0v) is 16.3. The van der Waals surface area contributed by atoms with Gasteiger partial charge in [-0.2, -0.15) is 13.2 Å². The highest BCUT2D eigenvalue weighted by atomic mass is 32.1. The average molecular weight is 428 g/mol. The second-order valence-corrected chi connectivity index (χ2v) is 8.12. The molecular weight excluding hydrogens is 413 g/mol. The first-order valence-electron chi connectivity index (χ1n) is 9.30. The quantitative estimate of drug-likeness (QED) is 0.523. The summed E-state index contributed by atoms with van der Waals surface area (Å²) in [7, 11) is 0. The molecule has 3 heterocycles. The third-order valence-corrected chi connectivity index (χ3v) is 6.38. The van der Waals surface area contributed by atoms with Crippen LogP contribution in [0, 0.1) is 0 Å². The van der Waals surface area contributed by atoms with Gasteiger partial charge < -0.3 is 5.32 Å². The maximum Gasteiger partial charge on any atom is 0.417 e. The summed E-state index contributed by atoms with van der Waals surface area (Å²) in [6.07, 6.45) is -1.71. The smallest absolute Gasteiger partial charge is 0.344 e. The first kappa shape index (κ1) is 18.8. The molecule has 0 spiro atoms. The number of aryl methyl sites for hydroxylation is 2. The van der Waals surface area contributed by atoms with E-state index in [1.807, 2.05) is 18.2 Å². The van der Waals surface area contributed by atoms with Crippen molar-refractivity contribution in [3.63, 3.8) is 0 Å². The van der Waals surface area contributed by atoms with E-state index in [1.165, 1.54) is 27.4 Å². The highest BCUT2D eigenvalue weighted by Gasteiger charge is 2.31. The van der Waals surface area contributed by atoms with Crippen LogP contribution >= 0.6 is 11.3 Å². The predicted octanol–water partition coefficient (Wildman–Crippen LogP) is 4.51. The van der Waals surface area contributed by atoms with Crippen molar-refractivity contribution >= 4 is 22.9 Å². The molecule has 9 heteroatoms. The third-order valence-electron chi connectivity index (χ3n) is 5.17. The number of hydrogen-bond acceptors (Lipinski definition) is 4. The maximum absolute atomic E-state index is 13.0. The average Bonchev–Trinajstić information content (AvgIpc) is 3.35. The molecule has 1 aliphatic carbocycles. The van der Waals surface area contributed by atoms with Gasteiger partial charge in [-0.25, -0.2) is 0 Å². The molecule has 4 aromatic rings. The van der Waals surface area contributed by atoms with E-state index in [-0.39, 0.29) is 23.9 Å². The van der Waals surface area contributed by atoms with E-state index in [0.717, 1.165) is 41.1 Å². The van der Waals surface area contributed by atoms with E-state index >= 15 is 0 Å². The van der Waals surface area contributed by atoms with Gasteiger partial charge in [-0.05, 0) is 47.7 Å². The molecule has 0 saturated carbocycles. The van der Waals surface area contributed by atoms with Gasteiger partial charge in [-0.1, -0.05) is 24.3 Å². The molecule has 0 saturated heterocycles. The molecule has 0 fully saturated rings. The van der Waals surface area contributed by atoms with Crippen LogP contribution in [0.15, 0.2) is 48.7 Å². The molecule has 1 amide bonds. The molecule has 0 atom stereocenters. The topological polar surface area (TPSA) is 59.3 Å². The summed E-state index contributed by atoms with van der Waals surface area (Å²) in [5, 5.41) is 10.5. The number of nitrogens with zero attached hydrogens (tertiary/aromatic N) is 3. The van der Waals surface area contributed by atoms with Crippen LogP contribution < -0.4 is 5.32 Å². The minimum atomic E-state index is -4.47. The Morgan fingerprint density at radius 3 is 2.73 bits per heavy atom. The zero-order chi connectivity index (χ0) is 20.9. The van der Waals surface area contributed by atoms with Crippen LogP contribution in [0.5, 0.6) is 0 Å². The third kappa shape index (κ3) is 3.24. The van der Waals surface area contributed by atoms with Crippen LogP contribution in [-0.2, 0) is 25.6 Å². The summed E-state index contributed by atoms with van der Waals surface area (Å²) in [5.74, 6) is -0.0493. The lowest BCUT2D eigenvalue weighted by Crippen LogP contribution is -2.23. The molecule has 3 aromatic heterocycles. The molecule has 30 heavy (non-hydrogen) atoms. The molecule has 0 unspecified atom stereocenters. The lowest BCUT2D eigenvalue weighted by atomic mass is 9.91. The molecule has 0 aliphatic heterocycles. The number of fused-ring (bicyclic) bond motifs is 4. The Morgan fingerprint density at radius 1 is 1.10 bits per heavy atom. The first-order valence-corrected chi connectivity index (χ1v) is 10.1. The van der Waals surface area contributed by atoms with Crippen molar-refractivity contribution in [2.45, 2.75) is 25.6 Å². The van der Waals surface area contributed by atoms with Crippen LogP contribution in [0.1, 0.15) is 32.2 Å². The van der Waals surface area contributed by atoms with E-state index in [0.29, 0.717) is 4.88 Å². The Labute approximate surface area is 173 Å². The summed E-state index contributed by atoms with van der Waals surface area (Å²) in [6, 6.07) is 12.3. The minimum Gasteiger partial charge on any atom is -0.344 e. The molecule has 0 radical (unpaired) electrons. The standard InChI is InChI=1S/C21H15F3N4OS/c22-21(23,24)14-7-8-17-26-27-18(28(17)11-14)10-25-20(29)16-9-13-6-5-12-3-1-2-4-15(12)19(13)30-16/h1-4,7-9,11H,5-6,10H2,(H,25,29). The van der Waals surface area contributed by atoms with Crippen LogP contribution in [0.25, 0.3) is 16.1 Å². The van der Waals surface area contributed by atoms with Gasteiger partial charge in [0.15, 0.2) is 11.5 Å². The largest absolute Gasteiger partial charge is 0.417 e. The minimum absolute atomic E-state index is 0.0273. The van der Waals surface area contributed by atoms with E-state index in [1.54, 1.807) is 0 Å². The lowest BCUT2D eigenvalue weighted by Gasteiger charge is -2.15. The lowest BCUT2D eigenvalue weighted by molar-refractivity contribution is -0.137. The molecule has 1 aromatic carbocycles. The van der Waals surface area contributed by atoms with Crippen molar-refractivity contribution in [3.8, 4) is 10.4 Å². The number of halogens is 3. The van der Waals surface area contributed by atoms with E-state index in [4.69, 9.17) is 0 Å². The van der Waals surface area contributed by atoms with E-state index < -0.39 is 11.7 Å². The van der Waals surface area contributed by atoms with Crippen LogP contribution in [0.3, 0.4) is 0 Å². The second-order valence-electron chi connectivity index (χ2n) is 7.06. The van der Waals surface area contributed by atoms with Crippen molar-refractivity contribution in [2.75, 3.05) is 0 Å². The predicted molar refractivity (Wildman–Crippen MR) is 106 cm³/mol. The highest BCUT2D eigenvalue weighted by Crippen LogP contribution is 2.39. The van der Waals surface area contributed by atoms with Crippen molar-refractivity contribution in [2.24, 2.45) is 0 Å². The number of alkyl halides is 3. The monoisotopic (exact) mass is 428 g/mol. The molecule has 152 valence electrons. The number of carbonyl (C=O) groups is 1. The van der Waals surface area contributed by atoms with Gasteiger partial charge in [0.05, 0.1) is 17.0 Å². The fourth-order valence-electron chi connectivity index (χ4n) is 3.66. The van der Waals surface area contributed by atoms with Gasteiger partial charge in [-0.3, -0.25) is 9.20 Å². The van der Waals surface area contributed by atoms with Crippen LogP contribution in [0.4, 0.5) is 13.2 Å². The van der Waals surface area contributed by atoms with Gasteiger partial charge in [0, 0.05) is 11.1 Å². The Kier molecular flexibility index (Phi) is 4.35. The maximum atomic E-state index is 13.0. The number of rotatable bonds is 3. The fraction of sp³-hybridized carbons (Fsp3) is 0.190. The number of hydrogen-bond donors (Lipinski definition) is 1. The van der Waals surface area contributed by atoms with Gasteiger partial charge in [0.25, 0.3) is 5.91 Å². The summed E-state index contributed by atoms with van der Waals surface area (Å²) < 4.78 is 40.2. The first-order chi connectivity index (χ1) is 14.4. The molecule has 1 aliphatic rings. The van der Waals surface area contributed by atoms with Gasteiger partial charge in [0.2, 0.25) is 0 Å². The van der Waals surface area contributed by atoms with Crippen molar-refractivity contribution in [1.82, 2.24) is 19.9 Å². The molecular formula is C21H15F3N4OS. The van der Waals surface area contributed by atoms with E-state index in [2.05, 4.69) is 27.6 Å². The highest BCUT2D eigenvalue weighted by molar-refractivity contribution is 7.17. The second kappa shape index (κ2) is 6.94. The number of aromatic nitrogens is 3. The fourth-order valence-corrected chi connectivity index (χ4v) is 4.84. The molecule has 5 nitrogen and oxygen atoms in total. The number of pyridine rings is 1. The molecule has 0 bridgehead atoms. The van der Waals surface area contributed by atoms with E-state index in [9.17, 15) is 18.0 Å². The molecule has 1 N–H and O–H groups in total.